The predicted molar refractivity (Wildman–Crippen MR) is 120 cm³/mol. The second-order valence-corrected chi connectivity index (χ2v) is 10.2. The largest absolute Gasteiger partial charge is 0.381 e. The molecule has 0 aliphatic carbocycles. The van der Waals surface area contributed by atoms with Crippen LogP contribution in [0.3, 0.4) is 0 Å². The monoisotopic (exact) mass is 426 g/mol. The van der Waals surface area contributed by atoms with Gasteiger partial charge in [-0.1, -0.05) is 29.8 Å². The molecular formula is C23H30N4O2S. The fourth-order valence-corrected chi connectivity index (χ4v) is 6.11. The number of piperidine rings is 1. The molecule has 2 saturated heterocycles. The normalized spacial score (nSPS) is 22.8. The van der Waals surface area contributed by atoms with Gasteiger partial charge in [0.15, 0.2) is 0 Å². The van der Waals surface area contributed by atoms with Crippen LogP contribution in [0.2, 0.25) is 0 Å². The highest BCUT2D eigenvalue weighted by atomic mass is 32.2. The number of nitrogens with zero attached hydrogens (tertiary/aromatic N) is 3. The highest BCUT2D eigenvalue weighted by Crippen LogP contribution is 2.34. The molecule has 7 heteroatoms. The molecule has 6 nitrogen and oxygen atoms in total. The molecule has 0 spiro atoms. The fraction of sp³-hybridized carbons (Fsp3) is 0.565. The van der Waals surface area contributed by atoms with Crippen LogP contribution in [0, 0.1) is 6.92 Å². The van der Waals surface area contributed by atoms with Gasteiger partial charge in [-0.2, -0.15) is 4.98 Å². The maximum Gasteiger partial charge on any atom is 0.227 e. The first-order valence-electron chi connectivity index (χ1n) is 11.1. The average molecular weight is 427 g/mol. The Bertz CT molecular complexity index is 937. The molecule has 0 saturated carbocycles. The number of nitrogens with one attached hydrogen (secondary N) is 1. The smallest absolute Gasteiger partial charge is 0.227 e. The third kappa shape index (κ3) is 4.10. The number of fused-ring (bicyclic) bond motifs is 1. The lowest BCUT2D eigenvalue weighted by Gasteiger charge is -2.33. The van der Waals surface area contributed by atoms with Gasteiger partial charge in [0.1, 0.15) is 10.7 Å². The molecule has 0 bridgehead atoms. The van der Waals surface area contributed by atoms with E-state index < -0.39 is 10.8 Å². The highest BCUT2D eigenvalue weighted by molar-refractivity contribution is 7.85. The number of aromatic nitrogens is 2. The van der Waals surface area contributed by atoms with E-state index >= 15 is 0 Å². The molecule has 160 valence electrons. The van der Waals surface area contributed by atoms with Gasteiger partial charge in [-0.25, -0.2) is 4.98 Å². The van der Waals surface area contributed by atoms with Gasteiger partial charge < -0.3 is 15.0 Å². The third-order valence-corrected chi connectivity index (χ3v) is 7.99. The van der Waals surface area contributed by atoms with Crippen molar-refractivity contribution in [1.82, 2.24) is 9.97 Å². The van der Waals surface area contributed by atoms with Crippen molar-refractivity contribution < 1.29 is 8.95 Å². The summed E-state index contributed by atoms with van der Waals surface area (Å²) < 4.78 is 18.1. The minimum absolute atomic E-state index is 0.329. The van der Waals surface area contributed by atoms with E-state index in [9.17, 15) is 4.21 Å². The summed E-state index contributed by atoms with van der Waals surface area (Å²) in [7, 11) is -0.997. The van der Waals surface area contributed by atoms with Crippen molar-refractivity contribution in [2.75, 3.05) is 42.3 Å². The second-order valence-electron chi connectivity index (χ2n) is 8.65. The SMILES string of the molecule is Cc1cccc(C2CCN(c3nc4c(c(NC5CCOCC5)n3)S(=O)CC4)CC2)c1. The molecule has 3 aliphatic rings. The molecule has 1 aromatic carbocycles. The van der Waals surface area contributed by atoms with E-state index in [2.05, 4.69) is 41.4 Å². The van der Waals surface area contributed by atoms with Crippen molar-refractivity contribution in [2.45, 2.75) is 55.9 Å². The minimum atomic E-state index is -0.997. The number of ether oxygens (including phenoxy) is 1. The van der Waals surface area contributed by atoms with Crippen LogP contribution in [0.25, 0.3) is 0 Å². The Labute approximate surface area is 180 Å². The summed E-state index contributed by atoms with van der Waals surface area (Å²) in [6, 6.07) is 9.22. The van der Waals surface area contributed by atoms with Crippen molar-refractivity contribution in [3.63, 3.8) is 0 Å². The molecule has 0 radical (unpaired) electrons. The Hall–Kier alpha value is -1.99. The molecule has 1 N–H and O–H groups in total. The van der Waals surface area contributed by atoms with Crippen LogP contribution in [0.15, 0.2) is 29.2 Å². The van der Waals surface area contributed by atoms with Crippen molar-refractivity contribution in [3.05, 3.63) is 41.1 Å². The fourth-order valence-electron chi connectivity index (χ4n) is 4.80. The second kappa shape index (κ2) is 8.63. The molecule has 1 aromatic heterocycles. The third-order valence-electron chi connectivity index (χ3n) is 6.53. The molecular weight excluding hydrogens is 396 g/mol. The molecule has 5 rings (SSSR count). The Kier molecular flexibility index (Phi) is 5.74. The van der Waals surface area contributed by atoms with Crippen LogP contribution < -0.4 is 10.2 Å². The van der Waals surface area contributed by atoms with E-state index in [0.717, 1.165) is 80.8 Å². The molecule has 1 atom stereocenters. The lowest BCUT2D eigenvalue weighted by molar-refractivity contribution is 0.0903. The Balaban J connectivity index is 1.34. The summed E-state index contributed by atoms with van der Waals surface area (Å²) in [5.41, 5.74) is 3.74. The molecule has 4 heterocycles. The Morgan fingerprint density at radius 2 is 1.93 bits per heavy atom. The summed E-state index contributed by atoms with van der Waals surface area (Å²) >= 11 is 0. The number of benzene rings is 1. The number of hydrogen-bond donors (Lipinski definition) is 1. The number of hydrogen-bond acceptors (Lipinski definition) is 6. The predicted octanol–water partition coefficient (Wildman–Crippen LogP) is 3.42. The molecule has 0 amide bonds. The first-order valence-corrected chi connectivity index (χ1v) is 12.4. The lowest BCUT2D eigenvalue weighted by atomic mass is 9.89. The Morgan fingerprint density at radius 3 is 2.70 bits per heavy atom. The van der Waals surface area contributed by atoms with Crippen LogP contribution in [-0.2, 0) is 22.0 Å². The van der Waals surface area contributed by atoms with Crippen LogP contribution in [-0.4, -0.2) is 52.3 Å². The quantitative estimate of drug-likeness (QED) is 0.808. The van der Waals surface area contributed by atoms with E-state index in [-0.39, 0.29) is 0 Å². The molecule has 30 heavy (non-hydrogen) atoms. The summed E-state index contributed by atoms with van der Waals surface area (Å²) in [6.45, 7) is 5.61. The van der Waals surface area contributed by atoms with E-state index in [1.165, 1.54) is 11.1 Å². The first-order chi connectivity index (χ1) is 14.7. The highest BCUT2D eigenvalue weighted by Gasteiger charge is 2.30. The van der Waals surface area contributed by atoms with Crippen LogP contribution in [0.5, 0.6) is 0 Å². The maximum atomic E-state index is 12.6. The van der Waals surface area contributed by atoms with E-state index in [1.54, 1.807) is 0 Å². The van der Waals surface area contributed by atoms with Crippen molar-refractivity contribution in [3.8, 4) is 0 Å². The van der Waals surface area contributed by atoms with Crippen molar-refractivity contribution >= 4 is 22.6 Å². The number of aryl methyl sites for hydroxylation is 2. The van der Waals surface area contributed by atoms with Crippen LogP contribution >= 0.6 is 0 Å². The van der Waals surface area contributed by atoms with Gasteiger partial charge in [0.2, 0.25) is 5.95 Å². The Morgan fingerprint density at radius 1 is 1.13 bits per heavy atom. The average Bonchev–Trinajstić information content (AvgIpc) is 3.16. The van der Waals surface area contributed by atoms with Gasteiger partial charge in [-0.15, -0.1) is 0 Å². The van der Waals surface area contributed by atoms with E-state index in [1.807, 2.05) is 0 Å². The summed E-state index contributed by atoms with van der Waals surface area (Å²) in [5.74, 6) is 2.84. The number of anilines is 2. The van der Waals surface area contributed by atoms with Crippen LogP contribution in [0.1, 0.15) is 48.4 Å². The minimum Gasteiger partial charge on any atom is -0.381 e. The first kappa shape index (κ1) is 19.9. The zero-order valence-electron chi connectivity index (χ0n) is 17.6. The summed E-state index contributed by atoms with van der Waals surface area (Å²) in [5, 5.41) is 3.58. The van der Waals surface area contributed by atoms with Crippen molar-refractivity contribution in [2.24, 2.45) is 0 Å². The molecule has 3 aliphatic heterocycles. The van der Waals surface area contributed by atoms with Gasteiger partial charge in [-0.05, 0) is 44.1 Å². The zero-order valence-corrected chi connectivity index (χ0v) is 18.4. The van der Waals surface area contributed by atoms with E-state index in [0.29, 0.717) is 17.7 Å². The van der Waals surface area contributed by atoms with Gasteiger partial charge in [-0.3, -0.25) is 4.21 Å². The standard InChI is InChI=1S/C23H30N4O2S/c1-16-3-2-4-18(15-16)17-5-10-27(11-6-17)23-25-20-9-14-30(28)21(20)22(26-23)24-19-7-12-29-13-8-19/h2-4,15,17,19H,5-14H2,1H3,(H,24,25,26). The zero-order chi connectivity index (χ0) is 20.5. The van der Waals surface area contributed by atoms with Crippen LogP contribution in [0.4, 0.5) is 11.8 Å². The lowest BCUT2D eigenvalue weighted by Crippen LogP contribution is -2.35. The van der Waals surface area contributed by atoms with Gasteiger partial charge >= 0.3 is 0 Å². The number of rotatable bonds is 4. The molecule has 1 unspecified atom stereocenters. The van der Waals surface area contributed by atoms with Gasteiger partial charge in [0.25, 0.3) is 0 Å². The summed E-state index contributed by atoms with van der Waals surface area (Å²) in [6.07, 6.45) is 4.92. The van der Waals surface area contributed by atoms with Gasteiger partial charge in [0.05, 0.1) is 16.5 Å². The summed E-state index contributed by atoms with van der Waals surface area (Å²) in [4.78, 5) is 12.9. The maximum absolute atomic E-state index is 12.6. The topological polar surface area (TPSA) is 67.3 Å². The molecule has 2 aromatic rings. The van der Waals surface area contributed by atoms with Crippen molar-refractivity contribution in [1.29, 1.82) is 0 Å². The molecule has 2 fully saturated rings. The van der Waals surface area contributed by atoms with E-state index in [4.69, 9.17) is 14.7 Å². The van der Waals surface area contributed by atoms with Gasteiger partial charge in [0, 0.05) is 44.5 Å².